The van der Waals surface area contributed by atoms with Crippen LogP contribution in [0.2, 0.25) is 0 Å². The Labute approximate surface area is 125 Å². The Bertz CT molecular complexity index is 631. The van der Waals surface area contributed by atoms with E-state index in [1.165, 1.54) is 0 Å². The summed E-state index contributed by atoms with van der Waals surface area (Å²) in [6.45, 7) is 0.733. The van der Waals surface area contributed by atoms with Crippen molar-refractivity contribution in [2.45, 2.75) is 25.3 Å². The molecule has 3 rings (SSSR count). The molecule has 1 heterocycles. The molecule has 1 aliphatic carbocycles. The average Bonchev–Trinajstić information content (AvgIpc) is 3.25. The Morgan fingerprint density at radius 2 is 2.09 bits per heavy atom. The molecule has 2 aliphatic rings. The van der Waals surface area contributed by atoms with Gasteiger partial charge in [-0.2, -0.15) is 0 Å². The van der Waals surface area contributed by atoms with Crippen molar-refractivity contribution in [2.24, 2.45) is 5.92 Å². The summed E-state index contributed by atoms with van der Waals surface area (Å²) in [5, 5.41) is 11.7. The van der Waals surface area contributed by atoms with Gasteiger partial charge in [0.25, 0.3) is 5.91 Å². The summed E-state index contributed by atoms with van der Waals surface area (Å²) in [4.78, 5) is 25.5. The largest absolute Gasteiger partial charge is 0.505 e. The van der Waals surface area contributed by atoms with Gasteiger partial charge in [-0.15, -0.1) is 0 Å². The van der Waals surface area contributed by atoms with Crippen LogP contribution in [0.4, 0.5) is 8.78 Å². The fourth-order valence-corrected chi connectivity index (χ4v) is 2.76. The summed E-state index contributed by atoms with van der Waals surface area (Å²) in [5.41, 5.74) is -0.802. The lowest BCUT2D eigenvalue weighted by molar-refractivity contribution is -0.128. The zero-order valence-corrected chi connectivity index (χ0v) is 11.8. The second-order valence-corrected chi connectivity index (χ2v) is 5.81. The van der Waals surface area contributed by atoms with Gasteiger partial charge >= 0.3 is 0 Å². The highest BCUT2D eigenvalue weighted by Gasteiger charge is 2.39. The van der Waals surface area contributed by atoms with Crippen molar-refractivity contribution in [2.75, 3.05) is 13.1 Å². The molecule has 0 spiro atoms. The first kappa shape index (κ1) is 14.7. The lowest BCUT2D eigenvalue weighted by Crippen LogP contribution is -2.32. The monoisotopic (exact) mass is 310 g/mol. The lowest BCUT2D eigenvalue weighted by Gasteiger charge is -2.16. The molecular formula is C15H16F2N2O3. The zero-order valence-electron chi connectivity index (χ0n) is 11.8. The lowest BCUT2D eigenvalue weighted by atomic mass is 10.1. The van der Waals surface area contributed by atoms with E-state index in [0.29, 0.717) is 19.0 Å². The van der Waals surface area contributed by atoms with Gasteiger partial charge in [0, 0.05) is 31.5 Å². The third kappa shape index (κ3) is 2.75. The molecule has 2 fully saturated rings. The van der Waals surface area contributed by atoms with Crippen molar-refractivity contribution in [3.63, 3.8) is 0 Å². The number of halogens is 2. The topological polar surface area (TPSA) is 69.6 Å². The summed E-state index contributed by atoms with van der Waals surface area (Å²) < 4.78 is 27.2. The molecule has 118 valence electrons. The molecule has 1 saturated carbocycles. The minimum atomic E-state index is -1.28. The Hall–Kier alpha value is -2.18. The Balaban J connectivity index is 1.61. The van der Waals surface area contributed by atoms with Gasteiger partial charge in [-0.3, -0.25) is 9.59 Å². The van der Waals surface area contributed by atoms with Crippen molar-refractivity contribution in [3.8, 4) is 5.75 Å². The van der Waals surface area contributed by atoms with Crippen LogP contribution in [-0.4, -0.2) is 41.0 Å². The van der Waals surface area contributed by atoms with Crippen LogP contribution in [0, 0.1) is 17.6 Å². The second kappa shape index (κ2) is 5.55. The number of aromatic hydroxyl groups is 1. The molecular weight excluding hydrogens is 294 g/mol. The summed E-state index contributed by atoms with van der Waals surface area (Å²) in [6.07, 6.45) is 2.37. The molecule has 0 aromatic heterocycles. The molecule has 1 aromatic rings. The number of carbonyl (C=O) groups is 2. The van der Waals surface area contributed by atoms with Gasteiger partial charge in [-0.1, -0.05) is 0 Å². The van der Waals surface area contributed by atoms with Crippen molar-refractivity contribution in [1.82, 2.24) is 10.2 Å². The molecule has 1 saturated heterocycles. The molecule has 2 amide bonds. The molecule has 0 bridgehead atoms. The minimum Gasteiger partial charge on any atom is -0.505 e. The van der Waals surface area contributed by atoms with Gasteiger partial charge in [-0.05, 0) is 25.0 Å². The third-order valence-corrected chi connectivity index (χ3v) is 4.08. The van der Waals surface area contributed by atoms with Crippen molar-refractivity contribution < 1.29 is 23.5 Å². The fraction of sp³-hybridized carbons (Fsp3) is 0.467. The highest BCUT2D eigenvalue weighted by molar-refractivity contribution is 5.95. The molecule has 5 nitrogen and oxygen atoms in total. The average molecular weight is 310 g/mol. The third-order valence-electron chi connectivity index (χ3n) is 4.08. The fourth-order valence-electron chi connectivity index (χ4n) is 2.76. The van der Waals surface area contributed by atoms with Crippen LogP contribution in [-0.2, 0) is 4.79 Å². The second-order valence-electron chi connectivity index (χ2n) is 5.81. The maximum atomic E-state index is 13.6. The number of likely N-dealkylation sites (tertiary alicyclic amines) is 1. The van der Waals surface area contributed by atoms with Gasteiger partial charge < -0.3 is 15.3 Å². The van der Waals surface area contributed by atoms with Gasteiger partial charge in [-0.25, -0.2) is 8.78 Å². The number of phenols is 1. The number of hydrogen-bond donors (Lipinski definition) is 2. The van der Waals surface area contributed by atoms with E-state index in [0.717, 1.165) is 25.0 Å². The molecule has 1 aromatic carbocycles. The summed E-state index contributed by atoms with van der Waals surface area (Å²) >= 11 is 0. The Morgan fingerprint density at radius 1 is 1.36 bits per heavy atom. The van der Waals surface area contributed by atoms with Crippen LogP contribution in [0.1, 0.15) is 29.6 Å². The molecule has 7 heteroatoms. The number of hydrogen-bond acceptors (Lipinski definition) is 3. The molecule has 1 aliphatic heterocycles. The first-order valence-electron chi connectivity index (χ1n) is 7.22. The standard InChI is InChI=1S/C15H16F2N2O3/c16-10-3-4-11(20)14(17)13(10)15(22)18-6-8-5-12(21)19(7-8)9-1-2-9/h3-4,8-9,20H,1-2,5-7H2,(H,18,22). The Morgan fingerprint density at radius 3 is 2.77 bits per heavy atom. The molecule has 1 atom stereocenters. The number of nitrogens with one attached hydrogen (secondary N) is 1. The molecule has 1 unspecified atom stereocenters. The van der Waals surface area contributed by atoms with Crippen molar-refractivity contribution >= 4 is 11.8 Å². The molecule has 2 N–H and O–H groups in total. The number of nitrogens with zero attached hydrogens (tertiary/aromatic N) is 1. The van der Waals surface area contributed by atoms with Crippen LogP contribution in [0.5, 0.6) is 5.75 Å². The first-order valence-corrected chi connectivity index (χ1v) is 7.22. The van der Waals surface area contributed by atoms with Gasteiger partial charge in [0.15, 0.2) is 11.6 Å². The van der Waals surface area contributed by atoms with Crippen LogP contribution < -0.4 is 5.32 Å². The van der Waals surface area contributed by atoms with E-state index in [1.807, 2.05) is 4.90 Å². The van der Waals surface area contributed by atoms with E-state index in [1.54, 1.807) is 0 Å². The number of phenolic OH excluding ortho intramolecular Hbond substituents is 1. The zero-order chi connectivity index (χ0) is 15.9. The van der Waals surface area contributed by atoms with Crippen molar-refractivity contribution in [1.29, 1.82) is 0 Å². The normalized spacial score (nSPS) is 21.3. The Kier molecular flexibility index (Phi) is 3.72. The van der Waals surface area contributed by atoms with Gasteiger partial charge in [0.2, 0.25) is 5.91 Å². The van der Waals surface area contributed by atoms with Crippen molar-refractivity contribution in [3.05, 3.63) is 29.3 Å². The van der Waals surface area contributed by atoms with E-state index < -0.39 is 28.9 Å². The van der Waals surface area contributed by atoms with E-state index in [9.17, 15) is 23.5 Å². The van der Waals surface area contributed by atoms with E-state index >= 15 is 0 Å². The minimum absolute atomic E-state index is 0.0551. The molecule has 22 heavy (non-hydrogen) atoms. The quantitative estimate of drug-likeness (QED) is 0.883. The summed E-state index contributed by atoms with van der Waals surface area (Å²) in [5.74, 6) is -4.00. The molecule has 0 radical (unpaired) electrons. The van der Waals surface area contributed by atoms with Gasteiger partial charge in [0.1, 0.15) is 11.4 Å². The van der Waals surface area contributed by atoms with Crippen LogP contribution in [0.25, 0.3) is 0 Å². The smallest absolute Gasteiger partial charge is 0.257 e. The number of amides is 2. The highest BCUT2D eigenvalue weighted by Crippen LogP contribution is 2.32. The van der Waals surface area contributed by atoms with E-state index in [2.05, 4.69) is 5.32 Å². The SMILES string of the molecule is O=C(NCC1CC(=O)N(C2CC2)C1)c1c(F)ccc(O)c1F. The number of carbonyl (C=O) groups excluding carboxylic acids is 2. The highest BCUT2D eigenvalue weighted by atomic mass is 19.1. The predicted molar refractivity (Wildman–Crippen MR) is 73.2 cm³/mol. The van der Waals surface area contributed by atoms with E-state index in [4.69, 9.17) is 0 Å². The first-order chi connectivity index (χ1) is 10.5. The summed E-state index contributed by atoms with van der Waals surface area (Å²) in [6, 6.07) is 2.01. The van der Waals surface area contributed by atoms with E-state index in [-0.39, 0.29) is 18.4 Å². The maximum absolute atomic E-state index is 13.6. The summed E-state index contributed by atoms with van der Waals surface area (Å²) in [7, 11) is 0. The maximum Gasteiger partial charge on any atom is 0.257 e. The number of benzene rings is 1. The predicted octanol–water partition coefficient (Wildman–Crippen LogP) is 1.41. The van der Waals surface area contributed by atoms with Crippen LogP contribution >= 0.6 is 0 Å². The van der Waals surface area contributed by atoms with Crippen LogP contribution in [0.3, 0.4) is 0 Å². The van der Waals surface area contributed by atoms with Crippen LogP contribution in [0.15, 0.2) is 12.1 Å². The number of rotatable bonds is 4. The van der Waals surface area contributed by atoms with Gasteiger partial charge in [0.05, 0.1) is 0 Å².